The Hall–Kier alpha value is -0.740. The van der Waals surface area contributed by atoms with Crippen LogP contribution in [-0.4, -0.2) is 33.5 Å². The normalized spacial score (nSPS) is 41.1. The molecule has 2 fully saturated rings. The highest BCUT2D eigenvalue weighted by Crippen LogP contribution is 2.54. The van der Waals surface area contributed by atoms with Crippen molar-refractivity contribution in [2.45, 2.75) is 76.6 Å². The lowest BCUT2D eigenvalue weighted by Gasteiger charge is -2.36. The van der Waals surface area contributed by atoms with Crippen molar-refractivity contribution in [1.82, 2.24) is 0 Å². The standard InChI is InChI=1S/C15H24O4/c1-10(16)5-6-11-9-15(19-13(11,2)3)12(17)7-8-14(15,4)18/h11,18H,5-9H2,1-4H3/t11-,14-,15-/m1/s1. The first-order chi connectivity index (χ1) is 8.61. The summed E-state index contributed by atoms with van der Waals surface area (Å²) in [5.41, 5.74) is -2.62. The molecular weight excluding hydrogens is 244 g/mol. The summed E-state index contributed by atoms with van der Waals surface area (Å²) in [6.45, 7) is 7.18. The average Bonchev–Trinajstić information content (AvgIpc) is 2.66. The Labute approximate surface area is 114 Å². The summed E-state index contributed by atoms with van der Waals surface area (Å²) in [6, 6.07) is 0. The van der Waals surface area contributed by atoms with Crippen molar-refractivity contribution in [1.29, 1.82) is 0 Å². The van der Waals surface area contributed by atoms with Gasteiger partial charge in [0.25, 0.3) is 0 Å². The molecule has 3 atom stereocenters. The average molecular weight is 268 g/mol. The summed E-state index contributed by atoms with van der Waals surface area (Å²) in [5, 5.41) is 10.5. The maximum atomic E-state index is 12.2. The van der Waals surface area contributed by atoms with Crippen LogP contribution in [0.3, 0.4) is 0 Å². The smallest absolute Gasteiger partial charge is 0.167 e. The molecule has 108 valence electrons. The van der Waals surface area contributed by atoms with Crippen molar-refractivity contribution < 1.29 is 19.4 Å². The lowest BCUT2D eigenvalue weighted by Crippen LogP contribution is -2.52. The summed E-state index contributed by atoms with van der Waals surface area (Å²) in [5.74, 6) is 0.294. The van der Waals surface area contributed by atoms with E-state index in [4.69, 9.17) is 4.74 Å². The number of ketones is 2. The van der Waals surface area contributed by atoms with E-state index in [2.05, 4.69) is 0 Å². The van der Waals surface area contributed by atoms with Gasteiger partial charge in [0.05, 0.1) is 11.2 Å². The molecule has 1 saturated heterocycles. The first-order valence-electron chi connectivity index (χ1n) is 7.06. The number of rotatable bonds is 3. The van der Waals surface area contributed by atoms with E-state index < -0.39 is 16.8 Å². The number of ether oxygens (including phenoxy) is 1. The van der Waals surface area contributed by atoms with Crippen LogP contribution < -0.4 is 0 Å². The van der Waals surface area contributed by atoms with Gasteiger partial charge in [0.2, 0.25) is 0 Å². The highest BCUT2D eigenvalue weighted by atomic mass is 16.6. The van der Waals surface area contributed by atoms with Crippen LogP contribution in [0.5, 0.6) is 0 Å². The van der Waals surface area contributed by atoms with E-state index in [1.165, 1.54) is 0 Å². The third-order valence-electron chi connectivity index (χ3n) is 4.96. The SMILES string of the molecule is CC(=O)CC[C@@H]1C[C@@]2(OC1(C)C)C(=O)CC[C@@]2(C)O. The van der Waals surface area contributed by atoms with E-state index in [1.807, 2.05) is 13.8 Å². The zero-order valence-electron chi connectivity index (χ0n) is 12.3. The number of aliphatic hydroxyl groups is 1. The van der Waals surface area contributed by atoms with Crippen molar-refractivity contribution >= 4 is 11.6 Å². The van der Waals surface area contributed by atoms with E-state index in [0.29, 0.717) is 32.1 Å². The molecule has 0 aromatic rings. The second-order valence-electron chi connectivity index (χ2n) is 6.87. The van der Waals surface area contributed by atoms with E-state index in [0.717, 1.165) is 0 Å². The molecule has 0 aromatic carbocycles. The molecule has 1 aliphatic heterocycles. The molecule has 2 rings (SSSR count). The van der Waals surface area contributed by atoms with Gasteiger partial charge < -0.3 is 14.6 Å². The van der Waals surface area contributed by atoms with Gasteiger partial charge in [0.15, 0.2) is 11.4 Å². The van der Waals surface area contributed by atoms with Crippen LogP contribution in [-0.2, 0) is 14.3 Å². The fourth-order valence-corrected chi connectivity index (χ4v) is 3.56. The maximum absolute atomic E-state index is 12.2. The lowest BCUT2D eigenvalue weighted by molar-refractivity contribution is -0.182. The predicted molar refractivity (Wildman–Crippen MR) is 70.8 cm³/mol. The van der Waals surface area contributed by atoms with Gasteiger partial charge in [-0.1, -0.05) is 0 Å². The number of carbonyl (C=O) groups excluding carboxylic acids is 2. The van der Waals surface area contributed by atoms with Crippen LogP contribution in [0.1, 0.15) is 59.8 Å². The summed E-state index contributed by atoms with van der Waals surface area (Å²) >= 11 is 0. The van der Waals surface area contributed by atoms with Crippen LogP contribution in [0.15, 0.2) is 0 Å². The highest BCUT2D eigenvalue weighted by molar-refractivity contribution is 5.92. The molecule has 0 unspecified atom stereocenters. The van der Waals surface area contributed by atoms with E-state index in [1.54, 1.807) is 13.8 Å². The van der Waals surface area contributed by atoms with Crippen molar-refractivity contribution in [3.05, 3.63) is 0 Å². The molecule has 1 spiro atoms. The molecular formula is C15H24O4. The number of Topliss-reactive ketones (excluding diaryl/α,β-unsaturated/α-hetero) is 2. The summed E-state index contributed by atoms with van der Waals surface area (Å²) in [4.78, 5) is 23.4. The maximum Gasteiger partial charge on any atom is 0.167 e. The van der Waals surface area contributed by atoms with Crippen molar-refractivity contribution in [2.75, 3.05) is 0 Å². The molecule has 1 saturated carbocycles. The number of carbonyl (C=O) groups is 2. The van der Waals surface area contributed by atoms with Gasteiger partial charge in [-0.2, -0.15) is 0 Å². The van der Waals surface area contributed by atoms with Gasteiger partial charge in [0, 0.05) is 12.8 Å². The minimum atomic E-state index is -1.09. The fourth-order valence-electron chi connectivity index (χ4n) is 3.56. The third-order valence-corrected chi connectivity index (χ3v) is 4.96. The Bertz CT molecular complexity index is 410. The van der Waals surface area contributed by atoms with Crippen molar-refractivity contribution in [3.8, 4) is 0 Å². The minimum Gasteiger partial charge on any atom is -0.387 e. The molecule has 1 heterocycles. The first kappa shape index (κ1) is 14.7. The quantitative estimate of drug-likeness (QED) is 0.850. The molecule has 0 amide bonds. The minimum absolute atomic E-state index is 0.0101. The highest BCUT2D eigenvalue weighted by Gasteiger charge is 2.65. The Kier molecular flexibility index (Phi) is 3.38. The van der Waals surface area contributed by atoms with E-state index in [9.17, 15) is 14.7 Å². The zero-order valence-corrected chi connectivity index (χ0v) is 12.3. The lowest BCUT2D eigenvalue weighted by atomic mass is 9.78. The van der Waals surface area contributed by atoms with Crippen LogP contribution in [0.25, 0.3) is 0 Å². The van der Waals surface area contributed by atoms with E-state index in [-0.39, 0.29) is 17.5 Å². The summed E-state index contributed by atoms with van der Waals surface area (Å²) < 4.78 is 6.06. The largest absolute Gasteiger partial charge is 0.387 e. The van der Waals surface area contributed by atoms with Gasteiger partial charge in [-0.15, -0.1) is 0 Å². The molecule has 4 heteroatoms. The Morgan fingerprint density at radius 2 is 2.05 bits per heavy atom. The zero-order chi connectivity index (χ0) is 14.5. The second-order valence-corrected chi connectivity index (χ2v) is 6.87. The van der Waals surface area contributed by atoms with Crippen LogP contribution in [0.2, 0.25) is 0 Å². The van der Waals surface area contributed by atoms with Gasteiger partial charge in [-0.3, -0.25) is 4.79 Å². The Morgan fingerprint density at radius 3 is 2.53 bits per heavy atom. The van der Waals surface area contributed by atoms with Crippen molar-refractivity contribution in [3.63, 3.8) is 0 Å². The third kappa shape index (κ3) is 2.25. The van der Waals surface area contributed by atoms with Crippen LogP contribution >= 0.6 is 0 Å². The molecule has 0 bridgehead atoms. The van der Waals surface area contributed by atoms with Gasteiger partial charge in [-0.05, 0) is 52.9 Å². The first-order valence-corrected chi connectivity index (χ1v) is 7.06. The Morgan fingerprint density at radius 1 is 1.42 bits per heavy atom. The predicted octanol–water partition coefficient (Wildman–Crippen LogP) is 2.02. The molecule has 1 N–H and O–H groups in total. The van der Waals surface area contributed by atoms with Crippen LogP contribution in [0, 0.1) is 5.92 Å². The second kappa shape index (κ2) is 4.38. The Balaban J connectivity index is 2.23. The molecule has 4 nitrogen and oxygen atoms in total. The molecule has 2 aliphatic rings. The molecule has 1 aliphatic carbocycles. The van der Waals surface area contributed by atoms with Crippen molar-refractivity contribution in [2.24, 2.45) is 5.92 Å². The van der Waals surface area contributed by atoms with Gasteiger partial charge in [0.1, 0.15) is 5.78 Å². The fraction of sp³-hybridized carbons (Fsp3) is 0.867. The molecule has 0 radical (unpaired) electrons. The molecule has 0 aromatic heterocycles. The summed E-state index contributed by atoms with van der Waals surface area (Å²) in [7, 11) is 0. The molecule has 19 heavy (non-hydrogen) atoms. The van der Waals surface area contributed by atoms with Gasteiger partial charge >= 0.3 is 0 Å². The monoisotopic (exact) mass is 268 g/mol. The number of hydrogen-bond donors (Lipinski definition) is 1. The number of hydrogen-bond acceptors (Lipinski definition) is 4. The van der Waals surface area contributed by atoms with Crippen LogP contribution in [0.4, 0.5) is 0 Å². The van der Waals surface area contributed by atoms with E-state index >= 15 is 0 Å². The summed E-state index contributed by atoms with van der Waals surface area (Å²) in [6.07, 6.45) is 2.58. The topological polar surface area (TPSA) is 63.6 Å². The van der Waals surface area contributed by atoms with Gasteiger partial charge in [-0.25, -0.2) is 0 Å².